The Kier molecular flexibility index (Phi) is 4.59. The highest BCUT2D eigenvalue weighted by Crippen LogP contribution is 2.31. The standard InChI is InChI=1S/C16H18BrNO/c1-11-5-4-8-18-15(11)10-14(17)13-7-6-12(2)16(9-13)19-3/h4-9,14H,10H2,1-3H3. The van der Waals surface area contributed by atoms with Gasteiger partial charge in [-0.2, -0.15) is 0 Å². The Hall–Kier alpha value is -1.35. The van der Waals surface area contributed by atoms with Crippen molar-refractivity contribution in [2.45, 2.75) is 25.1 Å². The fraction of sp³-hybridized carbons (Fsp3) is 0.312. The number of ether oxygens (including phenoxy) is 1. The fourth-order valence-electron chi connectivity index (χ4n) is 2.05. The van der Waals surface area contributed by atoms with Gasteiger partial charge in [0, 0.05) is 23.1 Å². The van der Waals surface area contributed by atoms with Crippen molar-refractivity contribution in [1.82, 2.24) is 4.98 Å². The van der Waals surface area contributed by atoms with E-state index in [4.69, 9.17) is 4.74 Å². The van der Waals surface area contributed by atoms with Crippen LogP contribution in [0.3, 0.4) is 0 Å². The molecule has 2 nitrogen and oxygen atoms in total. The van der Waals surface area contributed by atoms with Crippen LogP contribution in [0.1, 0.15) is 27.2 Å². The van der Waals surface area contributed by atoms with Crippen LogP contribution in [0, 0.1) is 13.8 Å². The first-order chi connectivity index (χ1) is 9.11. The van der Waals surface area contributed by atoms with Crippen LogP contribution in [-0.4, -0.2) is 12.1 Å². The maximum atomic E-state index is 5.37. The lowest BCUT2D eigenvalue weighted by Gasteiger charge is -2.13. The molecule has 0 N–H and O–H groups in total. The van der Waals surface area contributed by atoms with Crippen LogP contribution in [0.5, 0.6) is 5.75 Å². The summed E-state index contributed by atoms with van der Waals surface area (Å²) in [5.74, 6) is 0.930. The van der Waals surface area contributed by atoms with Crippen molar-refractivity contribution >= 4 is 15.9 Å². The van der Waals surface area contributed by atoms with Crippen LogP contribution in [0.15, 0.2) is 36.5 Å². The second-order valence-electron chi connectivity index (χ2n) is 4.67. The Bertz CT molecular complexity index is 568. The van der Waals surface area contributed by atoms with Gasteiger partial charge >= 0.3 is 0 Å². The largest absolute Gasteiger partial charge is 0.496 e. The highest BCUT2D eigenvalue weighted by molar-refractivity contribution is 9.09. The van der Waals surface area contributed by atoms with Crippen molar-refractivity contribution in [2.75, 3.05) is 7.11 Å². The van der Waals surface area contributed by atoms with Crippen LogP contribution in [0.4, 0.5) is 0 Å². The molecule has 100 valence electrons. The molecule has 0 amide bonds. The zero-order valence-corrected chi connectivity index (χ0v) is 13.1. The van der Waals surface area contributed by atoms with E-state index in [1.807, 2.05) is 12.3 Å². The highest BCUT2D eigenvalue weighted by atomic mass is 79.9. The Morgan fingerprint density at radius 2 is 2.00 bits per heavy atom. The lowest BCUT2D eigenvalue weighted by Crippen LogP contribution is -2.01. The Balaban J connectivity index is 2.20. The summed E-state index contributed by atoms with van der Waals surface area (Å²) in [4.78, 5) is 4.69. The molecule has 1 aromatic heterocycles. The molecule has 0 aliphatic heterocycles. The van der Waals surface area contributed by atoms with Gasteiger partial charge in [0.05, 0.1) is 7.11 Å². The van der Waals surface area contributed by atoms with E-state index >= 15 is 0 Å². The minimum atomic E-state index is 0.246. The van der Waals surface area contributed by atoms with E-state index in [0.29, 0.717) is 0 Å². The number of methoxy groups -OCH3 is 1. The van der Waals surface area contributed by atoms with Crippen LogP contribution >= 0.6 is 15.9 Å². The van der Waals surface area contributed by atoms with Crippen LogP contribution in [0.2, 0.25) is 0 Å². The smallest absolute Gasteiger partial charge is 0.122 e. The number of nitrogens with zero attached hydrogens (tertiary/aromatic N) is 1. The maximum absolute atomic E-state index is 5.37. The number of alkyl halides is 1. The second-order valence-corrected chi connectivity index (χ2v) is 5.77. The van der Waals surface area contributed by atoms with Gasteiger partial charge in [0.25, 0.3) is 0 Å². The number of hydrogen-bond donors (Lipinski definition) is 0. The van der Waals surface area contributed by atoms with Crippen LogP contribution in [-0.2, 0) is 6.42 Å². The van der Waals surface area contributed by atoms with Gasteiger partial charge in [-0.15, -0.1) is 0 Å². The van der Waals surface area contributed by atoms with Crippen molar-refractivity contribution in [2.24, 2.45) is 0 Å². The molecule has 1 aromatic carbocycles. The van der Waals surface area contributed by atoms with Gasteiger partial charge in [-0.1, -0.05) is 34.1 Å². The number of hydrogen-bond acceptors (Lipinski definition) is 2. The van der Waals surface area contributed by atoms with Crippen molar-refractivity contribution < 1.29 is 4.74 Å². The van der Waals surface area contributed by atoms with Gasteiger partial charge in [-0.3, -0.25) is 4.98 Å². The van der Waals surface area contributed by atoms with E-state index in [0.717, 1.165) is 23.4 Å². The minimum absolute atomic E-state index is 0.246. The molecule has 0 saturated heterocycles. The van der Waals surface area contributed by atoms with Gasteiger partial charge in [-0.05, 0) is 42.7 Å². The molecule has 0 aliphatic rings. The quantitative estimate of drug-likeness (QED) is 0.780. The summed E-state index contributed by atoms with van der Waals surface area (Å²) >= 11 is 3.75. The first-order valence-corrected chi connectivity index (χ1v) is 7.22. The first kappa shape index (κ1) is 14.1. The van der Waals surface area contributed by atoms with Crippen molar-refractivity contribution in [3.05, 3.63) is 58.9 Å². The molecule has 2 rings (SSSR count). The molecule has 0 aliphatic carbocycles. The third-order valence-corrected chi connectivity index (χ3v) is 4.14. The normalized spacial score (nSPS) is 12.2. The van der Waals surface area contributed by atoms with E-state index < -0.39 is 0 Å². The first-order valence-electron chi connectivity index (χ1n) is 6.31. The predicted octanol–water partition coefficient (Wildman–Crippen LogP) is 4.39. The summed E-state index contributed by atoms with van der Waals surface area (Å²) in [5, 5.41) is 0. The van der Waals surface area contributed by atoms with E-state index in [1.54, 1.807) is 7.11 Å². The predicted molar refractivity (Wildman–Crippen MR) is 82.1 cm³/mol. The van der Waals surface area contributed by atoms with E-state index in [9.17, 15) is 0 Å². The summed E-state index contributed by atoms with van der Waals surface area (Å²) in [6.45, 7) is 4.15. The Labute approximate surface area is 123 Å². The summed E-state index contributed by atoms with van der Waals surface area (Å²) in [5.41, 5.74) is 4.72. The lowest BCUT2D eigenvalue weighted by atomic mass is 10.0. The average molecular weight is 320 g/mol. The second kappa shape index (κ2) is 6.20. The summed E-state index contributed by atoms with van der Waals surface area (Å²) < 4.78 is 5.37. The third-order valence-electron chi connectivity index (χ3n) is 3.28. The number of halogens is 1. The topological polar surface area (TPSA) is 22.1 Å². The zero-order valence-electron chi connectivity index (χ0n) is 11.5. The SMILES string of the molecule is COc1cc(C(Br)Cc2ncccc2C)ccc1C. The van der Waals surface area contributed by atoms with Gasteiger partial charge in [-0.25, -0.2) is 0 Å². The summed E-state index contributed by atoms with van der Waals surface area (Å²) in [6, 6.07) is 10.4. The summed E-state index contributed by atoms with van der Waals surface area (Å²) in [7, 11) is 1.71. The molecule has 0 saturated carbocycles. The van der Waals surface area contributed by atoms with Crippen molar-refractivity contribution in [1.29, 1.82) is 0 Å². The number of rotatable bonds is 4. The number of aromatic nitrogens is 1. The molecule has 1 atom stereocenters. The van der Waals surface area contributed by atoms with Gasteiger partial charge in [0.1, 0.15) is 5.75 Å². The molecule has 0 fully saturated rings. The molecule has 1 unspecified atom stereocenters. The molecule has 0 spiro atoms. The molecular formula is C16H18BrNO. The number of pyridine rings is 1. The molecule has 3 heteroatoms. The maximum Gasteiger partial charge on any atom is 0.122 e. The molecule has 0 bridgehead atoms. The molecular weight excluding hydrogens is 302 g/mol. The van der Waals surface area contributed by atoms with Gasteiger partial charge in [0.2, 0.25) is 0 Å². The van der Waals surface area contributed by atoms with Gasteiger partial charge in [0.15, 0.2) is 0 Å². The van der Waals surface area contributed by atoms with E-state index in [-0.39, 0.29) is 4.83 Å². The van der Waals surface area contributed by atoms with Crippen LogP contribution in [0.25, 0.3) is 0 Å². The minimum Gasteiger partial charge on any atom is -0.496 e. The molecule has 2 aromatic rings. The Morgan fingerprint density at radius 3 is 2.68 bits per heavy atom. The van der Waals surface area contributed by atoms with Gasteiger partial charge < -0.3 is 4.74 Å². The third kappa shape index (κ3) is 3.35. The van der Waals surface area contributed by atoms with Crippen molar-refractivity contribution in [3.8, 4) is 5.75 Å². The fourth-order valence-corrected chi connectivity index (χ4v) is 2.64. The monoisotopic (exact) mass is 319 g/mol. The lowest BCUT2D eigenvalue weighted by molar-refractivity contribution is 0.411. The summed E-state index contributed by atoms with van der Waals surface area (Å²) in [6.07, 6.45) is 2.72. The number of benzene rings is 1. The molecule has 0 radical (unpaired) electrons. The average Bonchev–Trinajstić information content (AvgIpc) is 2.42. The number of aryl methyl sites for hydroxylation is 2. The highest BCUT2D eigenvalue weighted by Gasteiger charge is 2.12. The zero-order chi connectivity index (χ0) is 13.8. The van der Waals surface area contributed by atoms with E-state index in [2.05, 4.69) is 59.0 Å². The Morgan fingerprint density at radius 1 is 1.21 bits per heavy atom. The van der Waals surface area contributed by atoms with Crippen LogP contribution < -0.4 is 4.74 Å². The van der Waals surface area contributed by atoms with E-state index in [1.165, 1.54) is 11.1 Å². The molecule has 1 heterocycles. The molecule has 19 heavy (non-hydrogen) atoms. The van der Waals surface area contributed by atoms with Crippen molar-refractivity contribution in [3.63, 3.8) is 0 Å².